The van der Waals surface area contributed by atoms with E-state index >= 15 is 0 Å². The first-order chi connectivity index (χ1) is 7.63. The van der Waals surface area contributed by atoms with Crippen molar-refractivity contribution < 1.29 is 0 Å². The summed E-state index contributed by atoms with van der Waals surface area (Å²) in [7, 11) is 1.79. The lowest BCUT2D eigenvalue weighted by atomic mass is 10.1. The molecule has 0 saturated carbocycles. The summed E-state index contributed by atoms with van der Waals surface area (Å²) in [6.45, 7) is 0. The molecule has 0 aromatic carbocycles. The summed E-state index contributed by atoms with van der Waals surface area (Å²) in [6, 6.07) is 1.52. The Bertz CT molecular complexity index is 494. The molecule has 2 heterocycles. The van der Waals surface area contributed by atoms with Gasteiger partial charge in [-0.2, -0.15) is 0 Å². The number of nitrogens with two attached hydrogens (primary N) is 1. The molecule has 0 spiro atoms. The molecule has 1 unspecified atom stereocenters. The van der Waals surface area contributed by atoms with Gasteiger partial charge in [0.05, 0.1) is 26.6 Å². The van der Waals surface area contributed by atoms with Crippen LogP contribution in [0.1, 0.15) is 17.3 Å². The highest BCUT2D eigenvalue weighted by Gasteiger charge is 2.21. The Kier molecular flexibility index (Phi) is 3.46. The molecule has 3 N–H and O–H groups in total. The van der Waals surface area contributed by atoms with Gasteiger partial charge in [-0.05, 0) is 6.07 Å². The van der Waals surface area contributed by atoms with Crippen molar-refractivity contribution >= 4 is 34.5 Å². The minimum absolute atomic E-state index is 0.267. The molecule has 8 heteroatoms. The van der Waals surface area contributed by atoms with Gasteiger partial charge in [-0.25, -0.2) is 5.43 Å². The highest BCUT2D eigenvalue weighted by atomic mass is 35.5. The van der Waals surface area contributed by atoms with E-state index in [1.807, 2.05) is 0 Å². The van der Waals surface area contributed by atoms with Crippen molar-refractivity contribution in [1.82, 2.24) is 20.4 Å². The summed E-state index contributed by atoms with van der Waals surface area (Å²) < 4.78 is 2.86. The number of hydrogen-bond acceptors (Lipinski definition) is 5. The normalized spacial score (nSPS) is 13.0. The molecule has 0 radical (unpaired) electrons. The molecule has 1 atom stereocenters. The molecule has 0 aliphatic rings. The zero-order chi connectivity index (χ0) is 11.7. The zero-order valence-corrected chi connectivity index (χ0v) is 10.6. The Hall–Kier alpha value is -0.660. The number of nitrogens with one attached hydrogen (secondary N) is 1. The van der Waals surface area contributed by atoms with E-state index in [2.05, 4.69) is 15.7 Å². The number of aryl methyl sites for hydroxylation is 1. The molecule has 0 aliphatic heterocycles. The maximum atomic E-state index is 6.08. The minimum Gasteiger partial charge on any atom is -0.271 e. The number of nitrogens with zero attached hydrogens (tertiary/aromatic N) is 3. The van der Waals surface area contributed by atoms with Crippen LogP contribution in [-0.4, -0.2) is 15.0 Å². The van der Waals surface area contributed by atoms with Crippen molar-refractivity contribution in [2.45, 2.75) is 6.04 Å². The second-order valence-electron chi connectivity index (χ2n) is 3.16. The number of thiophene rings is 1. The van der Waals surface area contributed by atoms with Crippen LogP contribution in [0.15, 0.2) is 12.3 Å². The highest BCUT2D eigenvalue weighted by molar-refractivity contribution is 7.20. The average Bonchev–Trinajstić information content (AvgIpc) is 2.77. The zero-order valence-electron chi connectivity index (χ0n) is 8.32. The number of hydrazine groups is 1. The van der Waals surface area contributed by atoms with E-state index in [4.69, 9.17) is 29.0 Å². The van der Waals surface area contributed by atoms with Crippen molar-refractivity contribution in [3.63, 3.8) is 0 Å². The van der Waals surface area contributed by atoms with Crippen LogP contribution in [-0.2, 0) is 7.05 Å². The van der Waals surface area contributed by atoms with Gasteiger partial charge in [0.15, 0.2) is 0 Å². The summed E-state index contributed by atoms with van der Waals surface area (Å²) in [6.07, 6.45) is 1.63. The molecule has 16 heavy (non-hydrogen) atoms. The van der Waals surface area contributed by atoms with Gasteiger partial charge in [-0.15, -0.1) is 16.4 Å². The summed E-state index contributed by atoms with van der Waals surface area (Å²) in [5.41, 5.74) is 4.32. The third-order valence-corrected chi connectivity index (χ3v) is 3.72. The number of hydrogen-bond donors (Lipinski definition) is 2. The van der Waals surface area contributed by atoms with Gasteiger partial charge < -0.3 is 0 Å². The maximum Gasteiger partial charge on any atom is 0.0996 e. The fraction of sp³-hybridized carbons (Fsp3) is 0.250. The van der Waals surface area contributed by atoms with Crippen LogP contribution in [0, 0.1) is 0 Å². The van der Waals surface area contributed by atoms with Gasteiger partial charge in [0.25, 0.3) is 0 Å². The van der Waals surface area contributed by atoms with E-state index in [1.165, 1.54) is 11.3 Å². The van der Waals surface area contributed by atoms with Gasteiger partial charge >= 0.3 is 0 Å². The Labute approximate surface area is 106 Å². The van der Waals surface area contributed by atoms with Gasteiger partial charge in [0.2, 0.25) is 0 Å². The summed E-state index contributed by atoms with van der Waals surface area (Å²) >= 11 is 13.3. The summed E-state index contributed by atoms with van der Waals surface area (Å²) in [5.74, 6) is 5.53. The first-order valence-corrected chi connectivity index (χ1v) is 5.96. The summed E-state index contributed by atoms with van der Waals surface area (Å²) in [5, 5.41) is 7.64. The maximum absolute atomic E-state index is 6.08. The molecular formula is C8H9Cl2N5S. The molecule has 86 valence electrons. The van der Waals surface area contributed by atoms with E-state index in [9.17, 15) is 0 Å². The van der Waals surface area contributed by atoms with E-state index in [-0.39, 0.29) is 6.04 Å². The van der Waals surface area contributed by atoms with Crippen molar-refractivity contribution in [2.75, 3.05) is 0 Å². The van der Waals surface area contributed by atoms with Crippen LogP contribution >= 0.6 is 34.5 Å². The molecule has 0 fully saturated rings. The molecule has 0 aliphatic carbocycles. The Morgan fingerprint density at radius 1 is 1.56 bits per heavy atom. The van der Waals surface area contributed by atoms with E-state index in [0.717, 1.165) is 11.3 Å². The third kappa shape index (κ3) is 2.07. The van der Waals surface area contributed by atoms with Crippen LogP contribution in [0.5, 0.6) is 0 Å². The first-order valence-electron chi connectivity index (χ1n) is 4.39. The van der Waals surface area contributed by atoms with Crippen LogP contribution in [0.2, 0.25) is 8.67 Å². The number of aromatic nitrogens is 3. The number of halogens is 2. The Morgan fingerprint density at radius 2 is 2.31 bits per heavy atom. The van der Waals surface area contributed by atoms with Crippen LogP contribution in [0.25, 0.3) is 0 Å². The quantitative estimate of drug-likeness (QED) is 0.662. The lowest BCUT2D eigenvalue weighted by Gasteiger charge is -2.14. The topological polar surface area (TPSA) is 68.8 Å². The first kappa shape index (κ1) is 11.8. The minimum atomic E-state index is -0.267. The smallest absolute Gasteiger partial charge is 0.0996 e. The van der Waals surface area contributed by atoms with Crippen molar-refractivity contribution in [2.24, 2.45) is 12.9 Å². The summed E-state index contributed by atoms with van der Waals surface area (Å²) in [4.78, 5) is 0. The second kappa shape index (κ2) is 4.68. The van der Waals surface area contributed by atoms with Gasteiger partial charge in [-0.3, -0.25) is 10.5 Å². The van der Waals surface area contributed by atoms with Gasteiger partial charge in [0.1, 0.15) is 0 Å². The van der Waals surface area contributed by atoms with Crippen molar-refractivity contribution in [3.05, 3.63) is 32.2 Å². The molecule has 0 saturated heterocycles. The Morgan fingerprint density at radius 3 is 2.75 bits per heavy atom. The van der Waals surface area contributed by atoms with Crippen LogP contribution in [0.4, 0.5) is 0 Å². The van der Waals surface area contributed by atoms with Crippen molar-refractivity contribution in [3.8, 4) is 0 Å². The molecule has 0 bridgehead atoms. The monoisotopic (exact) mass is 277 g/mol. The van der Waals surface area contributed by atoms with Gasteiger partial charge in [0, 0.05) is 12.6 Å². The third-order valence-electron chi connectivity index (χ3n) is 2.21. The molecule has 2 rings (SSSR count). The fourth-order valence-corrected chi connectivity index (χ4v) is 2.98. The Balaban J connectivity index is 2.44. The lowest BCUT2D eigenvalue weighted by Crippen LogP contribution is -2.30. The predicted molar refractivity (Wildman–Crippen MR) is 64.5 cm³/mol. The average molecular weight is 278 g/mol. The SMILES string of the molecule is Cn1nncc1C(NN)c1cc(Cl)sc1Cl. The van der Waals surface area contributed by atoms with Gasteiger partial charge in [-0.1, -0.05) is 28.4 Å². The lowest BCUT2D eigenvalue weighted by molar-refractivity contribution is 0.571. The molecule has 2 aromatic rings. The highest BCUT2D eigenvalue weighted by Crippen LogP contribution is 2.36. The molecule has 2 aromatic heterocycles. The molecule has 5 nitrogen and oxygen atoms in total. The standard InChI is InChI=1S/C8H9Cl2N5S/c1-15-5(3-12-14-15)7(13-11)4-2-6(9)16-8(4)10/h2-3,7,13H,11H2,1H3. The molecular weight excluding hydrogens is 269 g/mol. The largest absolute Gasteiger partial charge is 0.271 e. The van der Waals surface area contributed by atoms with E-state index in [1.54, 1.807) is 24.0 Å². The number of rotatable bonds is 3. The van der Waals surface area contributed by atoms with Crippen LogP contribution < -0.4 is 11.3 Å². The fourth-order valence-electron chi connectivity index (χ4n) is 1.44. The van der Waals surface area contributed by atoms with E-state index < -0.39 is 0 Å². The predicted octanol–water partition coefficient (Wildman–Crippen LogP) is 1.74. The van der Waals surface area contributed by atoms with E-state index in [0.29, 0.717) is 8.67 Å². The van der Waals surface area contributed by atoms with Crippen LogP contribution in [0.3, 0.4) is 0 Å². The van der Waals surface area contributed by atoms with Crippen molar-refractivity contribution in [1.29, 1.82) is 0 Å². The molecule has 0 amide bonds. The second-order valence-corrected chi connectivity index (χ2v) is 5.45.